The molecule has 0 spiro atoms. The van der Waals surface area contributed by atoms with Crippen LogP contribution in [0.15, 0.2) is 11.2 Å². The van der Waals surface area contributed by atoms with Crippen molar-refractivity contribution in [2.24, 2.45) is 4.99 Å². The highest BCUT2D eigenvalue weighted by atomic mass is 127. The molecule has 23 heavy (non-hydrogen) atoms. The molecule has 0 aliphatic carbocycles. The van der Waals surface area contributed by atoms with Gasteiger partial charge in [0.05, 0.1) is 11.6 Å². The van der Waals surface area contributed by atoms with E-state index in [2.05, 4.69) is 27.5 Å². The number of hydrogen-bond acceptors (Lipinski definition) is 4. The van der Waals surface area contributed by atoms with Gasteiger partial charge in [-0.15, -0.1) is 35.3 Å². The van der Waals surface area contributed by atoms with E-state index >= 15 is 0 Å². The minimum atomic E-state index is -0.861. The van der Waals surface area contributed by atoms with Gasteiger partial charge >= 0.3 is 0 Å². The maximum atomic E-state index is 12.0. The Labute approximate surface area is 163 Å². The molecule has 0 aliphatic rings. The summed E-state index contributed by atoms with van der Waals surface area (Å²) in [5.74, 6) is 1.37. The third kappa shape index (κ3) is 9.61. The third-order valence-corrected chi connectivity index (χ3v) is 5.77. The van der Waals surface area contributed by atoms with E-state index in [1.54, 1.807) is 11.3 Å². The molecule has 1 aromatic heterocycles. The number of aryl methyl sites for hydroxylation is 1. The molecule has 134 valence electrons. The monoisotopic (exact) mass is 472 g/mol. The molecule has 1 aromatic rings. The Kier molecular flexibility index (Phi) is 11.2. The molecule has 1 heterocycles. The van der Waals surface area contributed by atoms with Crippen molar-refractivity contribution in [3.05, 3.63) is 16.1 Å². The van der Waals surface area contributed by atoms with E-state index < -0.39 is 10.8 Å². The summed E-state index contributed by atoms with van der Waals surface area (Å²) in [6.45, 7) is 12.2. The van der Waals surface area contributed by atoms with Gasteiger partial charge in [0, 0.05) is 51.9 Å². The van der Waals surface area contributed by atoms with Crippen molar-refractivity contribution in [2.75, 3.05) is 25.4 Å². The van der Waals surface area contributed by atoms with Crippen molar-refractivity contribution in [2.45, 2.75) is 45.8 Å². The summed E-state index contributed by atoms with van der Waals surface area (Å²) < 4.78 is 11.8. The molecule has 1 atom stereocenters. The van der Waals surface area contributed by atoms with Gasteiger partial charge in [-0.1, -0.05) is 0 Å². The van der Waals surface area contributed by atoms with Gasteiger partial charge in [-0.3, -0.25) is 9.20 Å². The Hall–Kier alpha value is -0.220. The fraction of sp³-hybridized carbons (Fsp3) is 0.733. The molecule has 8 heteroatoms. The van der Waals surface area contributed by atoms with E-state index in [1.165, 1.54) is 4.88 Å². The minimum absolute atomic E-state index is 0. The first kappa shape index (κ1) is 22.8. The Morgan fingerprint density at radius 1 is 1.39 bits per heavy atom. The lowest BCUT2D eigenvalue weighted by atomic mass is 10.3. The van der Waals surface area contributed by atoms with Crippen LogP contribution in [0.25, 0.3) is 0 Å². The summed E-state index contributed by atoms with van der Waals surface area (Å²) >= 11 is 1.73. The van der Waals surface area contributed by atoms with Crippen LogP contribution in [-0.2, 0) is 17.2 Å². The van der Waals surface area contributed by atoms with Crippen molar-refractivity contribution >= 4 is 52.1 Å². The highest BCUT2D eigenvalue weighted by Crippen LogP contribution is 2.11. The molecule has 0 aromatic carbocycles. The number of halogens is 1. The number of aromatic nitrogens is 1. The van der Waals surface area contributed by atoms with Crippen LogP contribution < -0.4 is 10.6 Å². The quantitative estimate of drug-likeness (QED) is 0.364. The largest absolute Gasteiger partial charge is 0.357 e. The smallest absolute Gasteiger partial charge is 0.191 e. The molecule has 0 saturated heterocycles. The highest BCUT2D eigenvalue weighted by Gasteiger charge is 2.18. The van der Waals surface area contributed by atoms with Crippen molar-refractivity contribution in [3.8, 4) is 0 Å². The number of hydrogen-bond donors (Lipinski definition) is 2. The Balaban J connectivity index is 0.00000484. The van der Waals surface area contributed by atoms with E-state index in [0.717, 1.165) is 30.5 Å². The second-order valence-corrected chi connectivity index (χ2v) is 9.61. The Bertz CT molecular complexity index is 512. The van der Waals surface area contributed by atoms with E-state index in [1.807, 2.05) is 33.9 Å². The molecular formula is C15H29IN4OS2. The van der Waals surface area contributed by atoms with Crippen LogP contribution in [0, 0.1) is 6.92 Å². The van der Waals surface area contributed by atoms with E-state index in [4.69, 9.17) is 0 Å². The number of nitrogens with one attached hydrogen (secondary N) is 2. The second-order valence-electron chi connectivity index (χ2n) is 5.96. The zero-order chi connectivity index (χ0) is 16.6. The van der Waals surface area contributed by atoms with E-state index in [-0.39, 0.29) is 28.7 Å². The number of guanidine groups is 1. The lowest BCUT2D eigenvalue weighted by Crippen LogP contribution is -2.38. The molecule has 0 amide bonds. The Morgan fingerprint density at radius 2 is 2.09 bits per heavy atom. The maximum Gasteiger partial charge on any atom is 0.191 e. The molecule has 5 nitrogen and oxygen atoms in total. The first-order chi connectivity index (χ1) is 10.3. The predicted octanol–water partition coefficient (Wildman–Crippen LogP) is 2.71. The third-order valence-electron chi connectivity index (χ3n) is 2.87. The molecule has 0 aliphatic heterocycles. The van der Waals surface area contributed by atoms with Gasteiger partial charge in [-0.05, 0) is 34.6 Å². The number of rotatable bonds is 7. The Morgan fingerprint density at radius 3 is 2.61 bits per heavy atom. The fourth-order valence-electron chi connectivity index (χ4n) is 1.69. The lowest BCUT2D eigenvalue weighted by molar-refractivity contribution is 0.648. The lowest BCUT2D eigenvalue weighted by Gasteiger charge is -2.17. The van der Waals surface area contributed by atoms with Crippen molar-refractivity contribution < 1.29 is 4.21 Å². The molecule has 2 N–H and O–H groups in total. The number of thiazole rings is 1. The van der Waals surface area contributed by atoms with Crippen LogP contribution in [0.2, 0.25) is 0 Å². The van der Waals surface area contributed by atoms with E-state index in [0.29, 0.717) is 12.3 Å². The molecule has 0 bridgehead atoms. The van der Waals surface area contributed by atoms with Gasteiger partial charge < -0.3 is 10.6 Å². The summed E-state index contributed by atoms with van der Waals surface area (Å²) in [6, 6.07) is 0. The highest BCUT2D eigenvalue weighted by molar-refractivity contribution is 14.0. The zero-order valence-electron chi connectivity index (χ0n) is 14.6. The van der Waals surface area contributed by atoms with Crippen molar-refractivity contribution in [3.63, 3.8) is 0 Å². The summed E-state index contributed by atoms with van der Waals surface area (Å²) in [5.41, 5.74) is 0. The maximum absolute atomic E-state index is 12.0. The minimum Gasteiger partial charge on any atom is -0.357 e. The molecule has 1 unspecified atom stereocenters. The topological polar surface area (TPSA) is 66.4 Å². The summed E-state index contributed by atoms with van der Waals surface area (Å²) in [4.78, 5) is 10.1. The second kappa shape index (κ2) is 11.4. The van der Waals surface area contributed by atoms with Crippen molar-refractivity contribution in [1.82, 2.24) is 15.6 Å². The van der Waals surface area contributed by atoms with Crippen LogP contribution in [0.3, 0.4) is 0 Å². The van der Waals surface area contributed by atoms with Crippen LogP contribution in [0.5, 0.6) is 0 Å². The normalized spacial score (nSPS) is 13.3. The first-order valence-electron chi connectivity index (χ1n) is 7.65. The average Bonchev–Trinajstić information content (AvgIpc) is 2.83. The summed E-state index contributed by atoms with van der Waals surface area (Å²) in [5, 5.41) is 7.64. The average molecular weight is 472 g/mol. The van der Waals surface area contributed by atoms with E-state index in [9.17, 15) is 4.21 Å². The van der Waals surface area contributed by atoms with Crippen molar-refractivity contribution in [1.29, 1.82) is 0 Å². The first-order valence-corrected chi connectivity index (χ1v) is 9.78. The molecule has 0 saturated carbocycles. The van der Waals surface area contributed by atoms with Crippen LogP contribution in [0.1, 0.15) is 37.6 Å². The van der Waals surface area contributed by atoms with Crippen LogP contribution in [-0.4, -0.2) is 45.3 Å². The number of nitrogens with zero attached hydrogens (tertiary/aromatic N) is 2. The van der Waals surface area contributed by atoms with Gasteiger partial charge in [0.1, 0.15) is 0 Å². The van der Waals surface area contributed by atoms with Gasteiger partial charge in [-0.25, -0.2) is 4.98 Å². The predicted molar refractivity (Wildman–Crippen MR) is 113 cm³/mol. The summed E-state index contributed by atoms with van der Waals surface area (Å²) in [6.07, 6.45) is 2.79. The fourth-order valence-corrected chi connectivity index (χ4v) is 3.35. The van der Waals surface area contributed by atoms with Gasteiger partial charge in [0.25, 0.3) is 0 Å². The molecule has 1 rings (SSSR count). The van der Waals surface area contributed by atoms with Gasteiger partial charge in [-0.2, -0.15) is 0 Å². The summed E-state index contributed by atoms with van der Waals surface area (Å²) in [7, 11) is -0.861. The molecular weight excluding hydrogens is 443 g/mol. The molecule has 0 radical (unpaired) electrons. The van der Waals surface area contributed by atoms with Crippen LogP contribution >= 0.6 is 35.3 Å². The number of aliphatic imine (C=N–C) groups is 1. The zero-order valence-corrected chi connectivity index (χ0v) is 18.6. The van der Waals surface area contributed by atoms with Gasteiger partial charge in [0.15, 0.2) is 5.96 Å². The van der Waals surface area contributed by atoms with Gasteiger partial charge in [0.2, 0.25) is 0 Å². The SMILES string of the molecule is CCNC(=NCCS(=O)C(C)(C)C)NCCc1ncc(C)s1.I. The molecule has 0 fully saturated rings. The van der Waals surface area contributed by atoms with Crippen LogP contribution in [0.4, 0.5) is 0 Å². The standard InChI is InChI=1S/C15H28N4OS2.HI/c1-6-16-14(18-9-10-22(20)15(3,4)5)17-8-7-13-19-11-12(2)21-13;/h11H,6-10H2,1-5H3,(H2,16,17,18);1H.